The largest absolute Gasteiger partial charge is 1.00 e. The van der Waals surface area contributed by atoms with Crippen LogP contribution in [0.1, 0.15) is 91.4 Å². The van der Waals surface area contributed by atoms with Gasteiger partial charge in [0.2, 0.25) is 0 Å². The van der Waals surface area contributed by atoms with Gasteiger partial charge in [-0.1, -0.05) is 0 Å². The van der Waals surface area contributed by atoms with Gasteiger partial charge in [-0.3, -0.25) is 0 Å². The molecule has 4 aromatic rings. The molecule has 0 aliphatic heterocycles. The Morgan fingerprint density at radius 3 is 1.60 bits per heavy atom. The van der Waals surface area contributed by atoms with Gasteiger partial charge in [0.15, 0.2) is 0 Å². The predicted octanol–water partition coefficient (Wildman–Crippen LogP) is 5.14. The summed E-state index contributed by atoms with van der Waals surface area (Å²) in [5, 5.41) is 0. The van der Waals surface area contributed by atoms with Crippen molar-refractivity contribution in [2.75, 3.05) is 0 Å². The third-order valence-corrected chi connectivity index (χ3v) is 22.2. The predicted molar refractivity (Wildman–Crippen MR) is 183 cm³/mol. The Bertz CT molecular complexity index is 1620. The summed E-state index contributed by atoms with van der Waals surface area (Å²) in [7, 11) is 0. The third-order valence-electron chi connectivity index (χ3n) is 9.37. The molecule has 0 saturated carbocycles. The molecule has 2 aliphatic rings. The van der Waals surface area contributed by atoms with Gasteiger partial charge in [-0.15, -0.1) is 0 Å². The summed E-state index contributed by atoms with van der Waals surface area (Å²) >= 11 is -2.76. The number of aryl methyl sites for hydroxylation is 1. The summed E-state index contributed by atoms with van der Waals surface area (Å²) in [6.45, 7) is 14.2. The molecule has 2 aliphatic carbocycles. The average Bonchev–Trinajstić information content (AvgIpc) is 3.63. The summed E-state index contributed by atoms with van der Waals surface area (Å²) in [4.78, 5) is 0. The van der Waals surface area contributed by atoms with Crippen molar-refractivity contribution >= 4 is 3.26 Å². The molecule has 0 bridgehead atoms. The summed E-state index contributed by atoms with van der Waals surface area (Å²) in [5.41, 5.74) is 12.2. The van der Waals surface area contributed by atoms with Gasteiger partial charge < -0.3 is 24.8 Å². The molecule has 6 rings (SSSR count). The van der Waals surface area contributed by atoms with E-state index in [1.165, 1.54) is 46.2 Å². The summed E-state index contributed by atoms with van der Waals surface area (Å²) in [6, 6.07) is 37.5. The van der Waals surface area contributed by atoms with Crippen LogP contribution in [0.5, 0.6) is 0 Å². The van der Waals surface area contributed by atoms with E-state index in [9.17, 15) is 0 Å². The quantitative estimate of drug-likeness (QED) is 0.228. The van der Waals surface area contributed by atoms with E-state index in [4.69, 9.17) is 0 Å². The van der Waals surface area contributed by atoms with Gasteiger partial charge in [0.25, 0.3) is 0 Å². The molecular weight excluding hydrogens is 754 g/mol. The van der Waals surface area contributed by atoms with Crippen LogP contribution in [-0.2, 0) is 38.2 Å². The first-order valence-electron chi connectivity index (χ1n) is 16.1. The first kappa shape index (κ1) is 35.5. The number of rotatable bonds is 7. The molecule has 0 spiro atoms. The summed E-state index contributed by atoms with van der Waals surface area (Å²) < 4.78 is 2.87. The van der Waals surface area contributed by atoms with Gasteiger partial charge in [-0.2, -0.15) is 0 Å². The zero-order valence-corrected chi connectivity index (χ0v) is 32.7. The molecule has 0 N–H and O–H groups in total. The molecular formula is C42H46Cl2Hf. The minimum Gasteiger partial charge on any atom is -1.00 e. The SMILES string of the molecule is CC(C)(C)c1ccc2c(c1)[CH]([Hf+2](=[C](CCCc1ccccc1)c1ccccc1)[CH]1C=CC=C1)c1cc(C(C)(C)C)ccc1-2.[Cl-].[Cl-]. The number of hydrogen-bond donors (Lipinski definition) is 0. The van der Waals surface area contributed by atoms with E-state index in [0.29, 0.717) is 7.35 Å². The number of halogens is 2. The van der Waals surface area contributed by atoms with E-state index in [2.05, 4.69) is 163 Å². The molecule has 0 nitrogen and oxygen atoms in total. The van der Waals surface area contributed by atoms with Crippen molar-refractivity contribution in [2.45, 2.75) is 79.0 Å². The molecule has 0 fully saturated rings. The second-order valence-electron chi connectivity index (χ2n) is 14.5. The van der Waals surface area contributed by atoms with Crippen molar-refractivity contribution in [3.05, 3.63) is 155 Å². The van der Waals surface area contributed by atoms with Crippen LogP contribution < -0.4 is 24.8 Å². The first-order valence-corrected chi connectivity index (χ1v) is 22.0. The minimum absolute atomic E-state index is 0. The molecule has 0 unspecified atom stereocenters. The molecule has 4 aromatic carbocycles. The molecule has 0 atom stereocenters. The van der Waals surface area contributed by atoms with Crippen LogP contribution in [-0.4, -0.2) is 3.26 Å². The Balaban J connectivity index is 0.00000230. The topological polar surface area (TPSA) is 0 Å². The van der Waals surface area contributed by atoms with E-state index < -0.39 is 21.0 Å². The molecule has 3 heteroatoms. The van der Waals surface area contributed by atoms with Crippen LogP contribution in [0, 0.1) is 0 Å². The Labute approximate surface area is 291 Å². The van der Waals surface area contributed by atoms with Crippen LogP contribution in [0.25, 0.3) is 11.1 Å². The van der Waals surface area contributed by atoms with E-state index in [0.717, 1.165) is 6.42 Å². The normalized spacial score (nSPS) is 14.4. The van der Waals surface area contributed by atoms with E-state index >= 15 is 0 Å². The fourth-order valence-corrected chi connectivity index (χ4v) is 20.9. The Kier molecular flexibility index (Phi) is 11.5. The van der Waals surface area contributed by atoms with E-state index in [1.54, 1.807) is 14.4 Å². The van der Waals surface area contributed by atoms with Crippen molar-refractivity contribution in [3.63, 3.8) is 0 Å². The Morgan fingerprint density at radius 2 is 1.11 bits per heavy atom. The maximum atomic E-state index is 2.61. The number of allylic oxidation sites excluding steroid dienone is 4. The smallest absolute Gasteiger partial charge is 1.00 e. The van der Waals surface area contributed by atoms with Crippen LogP contribution in [0.4, 0.5) is 0 Å². The maximum Gasteiger partial charge on any atom is -1.00 e. The minimum atomic E-state index is -2.76. The van der Waals surface area contributed by atoms with Crippen LogP contribution in [0.3, 0.4) is 0 Å². The number of fused-ring (bicyclic) bond motifs is 3. The van der Waals surface area contributed by atoms with Gasteiger partial charge >= 0.3 is 269 Å². The molecule has 0 aromatic heterocycles. The van der Waals surface area contributed by atoms with E-state index in [-0.39, 0.29) is 35.6 Å². The van der Waals surface area contributed by atoms with Crippen molar-refractivity contribution in [1.29, 1.82) is 0 Å². The van der Waals surface area contributed by atoms with Crippen molar-refractivity contribution < 1.29 is 45.8 Å². The Hall–Kier alpha value is -2.32. The standard InChI is InChI=1S/C21H25.C16H16.C5H5.2ClH.Hf/c1-20(2,3)16-7-9-18-14(12-16)11-15-13-17(21(4,5)6)8-10-19(15)18;1-3-9-15(10-4-1)13-7-8-14-16-11-5-2-6-12-16;1-2-4-5-3-1;;;/h7-13H,1-6H3;1-6,9-12H,7-8,13H2;1-5H;2*1H;/q;;;;;+2/p-2. The second kappa shape index (κ2) is 14.6. The second-order valence-corrected chi connectivity index (χ2v) is 24.4. The van der Waals surface area contributed by atoms with Crippen LogP contribution >= 0.6 is 0 Å². The number of hydrogen-bond acceptors (Lipinski definition) is 0. The third kappa shape index (κ3) is 7.64. The summed E-state index contributed by atoms with van der Waals surface area (Å²) in [5.74, 6) is 0. The summed E-state index contributed by atoms with van der Waals surface area (Å²) in [6.07, 6.45) is 13.2. The molecule has 232 valence electrons. The van der Waals surface area contributed by atoms with Gasteiger partial charge in [0, 0.05) is 0 Å². The van der Waals surface area contributed by atoms with Crippen LogP contribution in [0.2, 0.25) is 3.67 Å². The van der Waals surface area contributed by atoms with E-state index in [1.807, 2.05) is 0 Å². The zero-order valence-electron chi connectivity index (χ0n) is 27.6. The first-order chi connectivity index (χ1) is 20.6. The monoisotopic (exact) mass is 800 g/mol. The average molecular weight is 800 g/mol. The fourth-order valence-electron chi connectivity index (χ4n) is 6.95. The Morgan fingerprint density at radius 1 is 0.622 bits per heavy atom. The van der Waals surface area contributed by atoms with Gasteiger partial charge in [0.1, 0.15) is 0 Å². The molecule has 0 amide bonds. The van der Waals surface area contributed by atoms with Crippen LogP contribution in [0.15, 0.2) is 121 Å². The maximum absolute atomic E-state index is 2.76. The van der Waals surface area contributed by atoms with Gasteiger partial charge in [-0.25, -0.2) is 0 Å². The number of benzene rings is 4. The van der Waals surface area contributed by atoms with Gasteiger partial charge in [0.05, 0.1) is 0 Å². The van der Waals surface area contributed by atoms with Gasteiger partial charge in [-0.05, 0) is 0 Å². The van der Waals surface area contributed by atoms with Crippen molar-refractivity contribution in [1.82, 2.24) is 0 Å². The molecule has 0 heterocycles. The molecule has 0 radical (unpaired) electrons. The molecule has 45 heavy (non-hydrogen) atoms. The molecule has 0 saturated heterocycles. The van der Waals surface area contributed by atoms with Crippen molar-refractivity contribution in [3.8, 4) is 11.1 Å². The van der Waals surface area contributed by atoms with Crippen molar-refractivity contribution in [2.24, 2.45) is 0 Å². The zero-order chi connectivity index (χ0) is 30.2. The fraction of sp³-hybridized carbons (Fsp3) is 0.310.